The van der Waals surface area contributed by atoms with E-state index >= 15 is 0 Å². The third kappa shape index (κ3) is 3.72. The zero-order chi connectivity index (χ0) is 15.2. The Labute approximate surface area is 124 Å². The number of hydrogen-bond acceptors (Lipinski definition) is 4. The Morgan fingerprint density at radius 2 is 1.90 bits per heavy atom. The first-order valence-electron chi connectivity index (χ1n) is 6.85. The molecule has 110 valence electrons. The van der Waals surface area contributed by atoms with Gasteiger partial charge < -0.3 is 15.7 Å². The number of aromatic nitrogens is 1. The van der Waals surface area contributed by atoms with Crippen LogP contribution >= 0.6 is 0 Å². The number of hydrogen-bond donors (Lipinski definition) is 2. The first-order valence-corrected chi connectivity index (χ1v) is 6.85. The van der Waals surface area contributed by atoms with Crippen molar-refractivity contribution in [3.8, 4) is 11.5 Å². The summed E-state index contributed by atoms with van der Waals surface area (Å²) in [4.78, 5) is 4.06. The lowest BCUT2D eigenvalue weighted by Crippen LogP contribution is -2.14. The van der Waals surface area contributed by atoms with Gasteiger partial charge in [0.1, 0.15) is 17.2 Å². The van der Waals surface area contributed by atoms with E-state index in [1.165, 1.54) is 11.8 Å². The van der Waals surface area contributed by atoms with E-state index < -0.39 is 0 Å². The molecule has 5 nitrogen and oxygen atoms in total. The van der Waals surface area contributed by atoms with E-state index in [-0.39, 0.29) is 5.84 Å². The summed E-state index contributed by atoms with van der Waals surface area (Å²) in [6.45, 7) is 4.37. The number of benzene rings is 1. The predicted octanol–water partition coefficient (Wildman–Crippen LogP) is 3.48. The lowest BCUT2D eigenvalue weighted by atomic mass is 9.99. The quantitative estimate of drug-likeness (QED) is 0.381. The largest absolute Gasteiger partial charge is 0.456 e. The molecule has 0 aliphatic rings. The normalized spacial score (nSPS) is 13.0. The van der Waals surface area contributed by atoms with Crippen LogP contribution in [0.4, 0.5) is 0 Å². The van der Waals surface area contributed by atoms with Gasteiger partial charge in [0.2, 0.25) is 0 Å². The zero-order valence-electron chi connectivity index (χ0n) is 12.2. The highest BCUT2D eigenvalue weighted by Crippen LogP contribution is 2.24. The van der Waals surface area contributed by atoms with E-state index in [9.17, 15) is 0 Å². The molecule has 2 aromatic rings. The molecule has 2 rings (SSSR count). The minimum Gasteiger partial charge on any atom is -0.456 e. The van der Waals surface area contributed by atoms with Crippen LogP contribution in [0, 0.1) is 0 Å². The van der Waals surface area contributed by atoms with E-state index in [1.807, 2.05) is 12.1 Å². The lowest BCUT2D eigenvalue weighted by molar-refractivity contribution is 0.318. The number of pyridine rings is 1. The molecular formula is C16H19N3O2. The third-order valence-electron chi connectivity index (χ3n) is 3.40. The molecule has 21 heavy (non-hydrogen) atoms. The Kier molecular flexibility index (Phi) is 4.77. The van der Waals surface area contributed by atoms with Gasteiger partial charge in [-0.15, -0.1) is 0 Å². The summed E-state index contributed by atoms with van der Waals surface area (Å²) in [7, 11) is 0. The monoisotopic (exact) mass is 285 g/mol. The summed E-state index contributed by atoms with van der Waals surface area (Å²) in [6.07, 6.45) is 2.65. The summed E-state index contributed by atoms with van der Waals surface area (Å²) in [5, 5.41) is 11.5. The van der Waals surface area contributed by atoms with Gasteiger partial charge in [-0.1, -0.05) is 31.1 Å². The highest BCUT2D eigenvalue weighted by molar-refractivity contribution is 5.95. The summed E-state index contributed by atoms with van der Waals surface area (Å²) < 4.78 is 5.71. The molecule has 0 radical (unpaired) electrons. The Morgan fingerprint density at radius 1 is 1.24 bits per heavy atom. The van der Waals surface area contributed by atoms with Gasteiger partial charge in [0.25, 0.3) is 0 Å². The molecule has 1 aromatic carbocycles. The van der Waals surface area contributed by atoms with Gasteiger partial charge in [-0.2, -0.15) is 0 Å². The Morgan fingerprint density at radius 3 is 2.43 bits per heavy atom. The van der Waals surface area contributed by atoms with Gasteiger partial charge in [-0.25, -0.2) is 4.98 Å². The van der Waals surface area contributed by atoms with Gasteiger partial charge in [0, 0.05) is 0 Å². The second kappa shape index (κ2) is 6.74. The number of nitrogens with zero attached hydrogens (tertiary/aromatic N) is 2. The van der Waals surface area contributed by atoms with Crippen LogP contribution in [0.5, 0.6) is 11.5 Å². The third-order valence-corrected chi connectivity index (χ3v) is 3.40. The number of rotatable bonds is 5. The standard InChI is InChI=1S/C16H19N3O2/c1-3-11(2)12-4-6-13(7-5-12)21-14-8-9-15(18-10-14)16(17)19-20/h4-11,20H,3H2,1-2H3,(H2,17,19). The molecular weight excluding hydrogens is 266 g/mol. The lowest BCUT2D eigenvalue weighted by Gasteiger charge is -2.10. The van der Waals surface area contributed by atoms with E-state index in [1.54, 1.807) is 12.1 Å². The molecule has 0 saturated carbocycles. The van der Waals surface area contributed by atoms with Crippen molar-refractivity contribution in [2.75, 3.05) is 0 Å². The minimum absolute atomic E-state index is 0.0283. The van der Waals surface area contributed by atoms with Crippen LogP contribution in [0.2, 0.25) is 0 Å². The first-order chi connectivity index (χ1) is 10.1. The van der Waals surface area contributed by atoms with Crippen LogP contribution in [-0.2, 0) is 0 Å². The van der Waals surface area contributed by atoms with Crippen LogP contribution in [0.1, 0.15) is 37.4 Å². The summed E-state index contributed by atoms with van der Waals surface area (Å²) in [6, 6.07) is 11.4. The SMILES string of the molecule is CCC(C)c1ccc(Oc2ccc(/C(N)=N/O)nc2)cc1. The highest BCUT2D eigenvalue weighted by atomic mass is 16.5. The van der Waals surface area contributed by atoms with E-state index in [0.29, 0.717) is 17.4 Å². The smallest absolute Gasteiger partial charge is 0.188 e. The summed E-state index contributed by atoms with van der Waals surface area (Å²) >= 11 is 0. The van der Waals surface area contributed by atoms with Gasteiger partial charge in [0.15, 0.2) is 5.84 Å². The zero-order valence-corrected chi connectivity index (χ0v) is 12.2. The van der Waals surface area contributed by atoms with Crippen molar-refractivity contribution in [3.63, 3.8) is 0 Å². The van der Waals surface area contributed by atoms with Crippen molar-refractivity contribution in [2.24, 2.45) is 10.9 Å². The van der Waals surface area contributed by atoms with Crippen molar-refractivity contribution in [3.05, 3.63) is 53.9 Å². The number of ether oxygens (including phenoxy) is 1. The second-order valence-corrected chi connectivity index (χ2v) is 4.84. The molecule has 0 bridgehead atoms. The van der Waals surface area contributed by atoms with E-state index in [4.69, 9.17) is 15.7 Å². The molecule has 1 aromatic heterocycles. The Balaban J connectivity index is 2.08. The molecule has 1 unspecified atom stereocenters. The van der Waals surface area contributed by atoms with Gasteiger partial charge in [-0.3, -0.25) is 0 Å². The van der Waals surface area contributed by atoms with Crippen molar-refractivity contribution in [1.29, 1.82) is 0 Å². The van der Waals surface area contributed by atoms with Crippen molar-refractivity contribution in [2.45, 2.75) is 26.2 Å². The van der Waals surface area contributed by atoms with Crippen molar-refractivity contribution >= 4 is 5.84 Å². The van der Waals surface area contributed by atoms with Gasteiger partial charge in [0.05, 0.1) is 6.20 Å². The molecule has 0 saturated heterocycles. The highest BCUT2D eigenvalue weighted by Gasteiger charge is 2.05. The maximum atomic E-state index is 8.58. The topological polar surface area (TPSA) is 80.7 Å². The van der Waals surface area contributed by atoms with Crippen LogP contribution in [0.15, 0.2) is 47.8 Å². The Hall–Kier alpha value is -2.56. The molecule has 0 amide bonds. The molecule has 5 heteroatoms. The Bertz CT molecular complexity index is 606. The molecule has 0 spiro atoms. The van der Waals surface area contributed by atoms with Crippen LogP contribution in [0.3, 0.4) is 0 Å². The summed E-state index contributed by atoms with van der Waals surface area (Å²) in [5.41, 5.74) is 7.15. The molecule has 1 heterocycles. The minimum atomic E-state index is -0.0283. The van der Waals surface area contributed by atoms with E-state index in [2.05, 4.69) is 36.1 Å². The molecule has 3 N–H and O–H groups in total. The number of nitrogens with two attached hydrogens (primary N) is 1. The van der Waals surface area contributed by atoms with Crippen molar-refractivity contribution in [1.82, 2.24) is 4.98 Å². The molecule has 0 aliphatic carbocycles. The van der Waals surface area contributed by atoms with Crippen LogP contribution < -0.4 is 10.5 Å². The van der Waals surface area contributed by atoms with Gasteiger partial charge >= 0.3 is 0 Å². The first kappa shape index (κ1) is 14.8. The van der Waals surface area contributed by atoms with Crippen molar-refractivity contribution < 1.29 is 9.94 Å². The van der Waals surface area contributed by atoms with Crippen LogP contribution in [-0.4, -0.2) is 16.0 Å². The average molecular weight is 285 g/mol. The second-order valence-electron chi connectivity index (χ2n) is 4.84. The maximum absolute atomic E-state index is 8.58. The fourth-order valence-corrected chi connectivity index (χ4v) is 1.88. The maximum Gasteiger partial charge on any atom is 0.188 e. The number of oxime groups is 1. The molecule has 0 fully saturated rings. The molecule has 1 atom stereocenters. The fraction of sp³-hybridized carbons (Fsp3) is 0.250. The number of amidine groups is 1. The van der Waals surface area contributed by atoms with Crippen LogP contribution in [0.25, 0.3) is 0 Å². The van der Waals surface area contributed by atoms with Gasteiger partial charge in [-0.05, 0) is 42.2 Å². The van der Waals surface area contributed by atoms with E-state index in [0.717, 1.165) is 12.2 Å². The fourth-order valence-electron chi connectivity index (χ4n) is 1.88. The average Bonchev–Trinajstić information content (AvgIpc) is 2.55. The predicted molar refractivity (Wildman–Crippen MR) is 82.0 cm³/mol. The molecule has 0 aliphatic heterocycles. The summed E-state index contributed by atoms with van der Waals surface area (Å²) in [5.74, 6) is 1.86.